The summed E-state index contributed by atoms with van der Waals surface area (Å²) in [4.78, 5) is 5.21. The summed E-state index contributed by atoms with van der Waals surface area (Å²) < 4.78 is 5.23. The fourth-order valence-electron chi connectivity index (χ4n) is 3.82. The Morgan fingerprint density at radius 1 is 1.05 bits per heavy atom. The summed E-state index contributed by atoms with van der Waals surface area (Å²) >= 11 is 0. The second-order valence-electron chi connectivity index (χ2n) is 6.74. The van der Waals surface area contributed by atoms with Gasteiger partial charge in [0.05, 0.1) is 7.11 Å². The van der Waals surface area contributed by atoms with Crippen LogP contribution in [0.25, 0.3) is 0 Å². The van der Waals surface area contributed by atoms with E-state index in [9.17, 15) is 0 Å². The molecule has 0 saturated carbocycles. The van der Waals surface area contributed by atoms with E-state index in [0.717, 1.165) is 17.7 Å². The number of methoxy groups -OCH3 is 1. The highest BCUT2D eigenvalue weighted by Gasteiger charge is 2.29. The van der Waals surface area contributed by atoms with Gasteiger partial charge in [-0.3, -0.25) is 4.90 Å². The zero-order valence-corrected chi connectivity index (χ0v) is 13.4. The van der Waals surface area contributed by atoms with Crippen molar-refractivity contribution in [2.24, 2.45) is 5.92 Å². The summed E-state index contributed by atoms with van der Waals surface area (Å²) in [5, 5.41) is 0. The minimum Gasteiger partial charge on any atom is -0.497 e. The number of nitrogens with zero attached hydrogens (tertiary/aromatic N) is 2. The van der Waals surface area contributed by atoms with Crippen LogP contribution in [0.5, 0.6) is 5.75 Å². The Morgan fingerprint density at radius 3 is 2.43 bits per heavy atom. The highest BCUT2D eigenvalue weighted by molar-refractivity contribution is 5.27. The van der Waals surface area contributed by atoms with E-state index in [1.165, 1.54) is 57.4 Å². The fourth-order valence-corrected chi connectivity index (χ4v) is 3.82. The molecule has 21 heavy (non-hydrogen) atoms. The first-order chi connectivity index (χ1) is 10.2. The maximum atomic E-state index is 5.23. The van der Waals surface area contributed by atoms with Crippen LogP contribution in [-0.4, -0.2) is 56.2 Å². The van der Waals surface area contributed by atoms with Crippen LogP contribution in [0.4, 0.5) is 0 Å². The monoisotopic (exact) mass is 288 g/mol. The SMILES string of the molecule is COc1ccc(CC2CCN(C3CCN(C)CC3)C2)cc1. The number of hydrogen-bond acceptors (Lipinski definition) is 3. The van der Waals surface area contributed by atoms with Gasteiger partial charge >= 0.3 is 0 Å². The third kappa shape index (κ3) is 3.78. The molecule has 2 saturated heterocycles. The van der Waals surface area contributed by atoms with E-state index in [2.05, 4.69) is 41.1 Å². The van der Waals surface area contributed by atoms with Crippen LogP contribution in [0.15, 0.2) is 24.3 Å². The van der Waals surface area contributed by atoms with Gasteiger partial charge in [-0.05, 0) is 76.0 Å². The predicted molar refractivity (Wildman–Crippen MR) is 86.9 cm³/mol. The van der Waals surface area contributed by atoms with Gasteiger partial charge in [0, 0.05) is 12.6 Å². The second-order valence-corrected chi connectivity index (χ2v) is 6.74. The molecule has 0 aromatic heterocycles. The van der Waals surface area contributed by atoms with Crippen molar-refractivity contribution < 1.29 is 4.74 Å². The maximum Gasteiger partial charge on any atom is 0.118 e. The van der Waals surface area contributed by atoms with Crippen molar-refractivity contribution in [2.75, 3.05) is 40.3 Å². The molecule has 2 aliphatic rings. The molecule has 3 heteroatoms. The molecule has 0 amide bonds. The van der Waals surface area contributed by atoms with Crippen molar-refractivity contribution in [1.29, 1.82) is 0 Å². The highest BCUT2D eigenvalue weighted by atomic mass is 16.5. The molecule has 0 N–H and O–H groups in total. The van der Waals surface area contributed by atoms with Crippen molar-refractivity contribution >= 4 is 0 Å². The van der Waals surface area contributed by atoms with Gasteiger partial charge < -0.3 is 9.64 Å². The summed E-state index contributed by atoms with van der Waals surface area (Å²) in [5.41, 5.74) is 1.45. The largest absolute Gasteiger partial charge is 0.497 e. The van der Waals surface area contributed by atoms with Gasteiger partial charge in [-0.15, -0.1) is 0 Å². The van der Waals surface area contributed by atoms with Crippen molar-refractivity contribution in [1.82, 2.24) is 9.80 Å². The molecule has 3 nitrogen and oxygen atoms in total. The molecule has 0 radical (unpaired) electrons. The lowest BCUT2D eigenvalue weighted by atomic mass is 9.98. The molecular weight excluding hydrogens is 260 g/mol. The lowest BCUT2D eigenvalue weighted by molar-refractivity contribution is 0.140. The van der Waals surface area contributed by atoms with Gasteiger partial charge in [0.15, 0.2) is 0 Å². The number of benzene rings is 1. The lowest BCUT2D eigenvalue weighted by Gasteiger charge is -2.35. The van der Waals surface area contributed by atoms with Gasteiger partial charge in [-0.1, -0.05) is 12.1 Å². The third-order valence-electron chi connectivity index (χ3n) is 5.21. The molecule has 3 rings (SSSR count). The summed E-state index contributed by atoms with van der Waals surface area (Å²) in [7, 11) is 3.97. The molecule has 1 aromatic carbocycles. The van der Waals surface area contributed by atoms with Crippen LogP contribution in [0.1, 0.15) is 24.8 Å². The van der Waals surface area contributed by atoms with E-state index in [1.807, 2.05) is 0 Å². The number of piperidine rings is 1. The molecule has 1 atom stereocenters. The summed E-state index contributed by atoms with van der Waals surface area (Å²) in [6.45, 7) is 5.13. The Labute approximate surface area is 128 Å². The first-order valence-corrected chi connectivity index (χ1v) is 8.30. The first kappa shape index (κ1) is 14.9. The van der Waals surface area contributed by atoms with Crippen LogP contribution in [-0.2, 0) is 6.42 Å². The minimum absolute atomic E-state index is 0.832. The van der Waals surface area contributed by atoms with Crippen molar-refractivity contribution in [3.8, 4) is 5.75 Å². The molecule has 116 valence electrons. The molecule has 0 aliphatic carbocycles. The fraction of sp³-hybridized carbons (Fsp3) is 0.667. The number of hydrogen-bond donors (Lipinski definition) is 0. The molecule has 1 unspecified atom stereocenters. The average Bonchev–Trinajstić information content (AvgIpc) is 2.97. The van der Waals surface area contributed by atoms with Crippen molar-refractivity contribution in [3.63, 3.8) is 0 Å². The summed E-state index contributed by atoms with van der Waals surface area (Å²) in [6.07, 6.45) is 5.28. The van der Waals surface area contributed by atoms with E-state index in [1.54, 1.807) is 7.11 Å². The zero-order chi connectivity index (χ0) is 14.7. The van der Waals surface area contributed by atoms with Crippen molar-refractivity contribution in [2.45, 2.75) is 31.7 Å². The van der Waals surface area contributed by atoms with Crippen LogP contribution < -0.4 is 4.74 Å². The van der Waals surface area contributed by atoms with Gasteiger partial charge in [0.25, 0.3) is 0 Å². The van der Waals surface area contributed by atoms with Gasteiger partial charge in [-0.25, -0.2) is 0 Å². The number of ether oxygens (including phenoxy) is 1. The van der Waals surface area contributed by atoms with E-state index >= 15 is 0 Å². The minimum atomic E-state index is 0.832. The van der Waals surface area contributed by atoms with Crippen LogP contribution in [0.2, 0.25) is 0 Å². The Kier molecular flexibility index (Phi) is 4.81. The molecule has 2 heterocycles. The molecule has 0 spiro atoms. The molecule has 1 aromatic rings. The first-order valence-electron chi connectivity index (χ1n) is 8.30. The van der Waals surface area contributed by atoms with Gasteiger partial charge in [0.1, 0.15) is 5.75 Å². The van der Waals surface area contributed by atoms with Crippen molar-refractivity contribution in [3.05, 3.63) is 29.8 Å². The average molecular weight is 288 g/mol. The summed E-state index contributed by atoms with van der Waals surface area (Å²) in [5.74, 6) is 1.79. The molecule has 2 aliphatic heterocycles. The lowest BCUT2D eigenvalue weighted by Crippen LogP contribution is -2.42. The van der Waals surface area contributed by atoms with E-state index < -0.39 is 0 Å². The van der Waals surface area contributed by atoms with Gasteiger partial charge in [-0.2, -0.15) is 0 Å². The van der Waals surface area contributed by atoms with E-state index in [0.29, 0.717) is 0 Å². The van der Waals surface area contributed by atoms with E-state index in [-0.39, 0.29) is 0 Å². The molecule has 2 fully saturated rings. The Balaban J connectivity index is 1.50. The normalized spacial score (nSPS) is 25.3. The predicted octanol–water partition coefficient (Wildman–Crippen LogP) is 2.65. The molecule has 0 bridgehead atoms. The summed E-state index contributed by atoms with van der Waals surface area (Å²) in [6, 6.07) is 9.44. The zero-order valence-electron chi connectivity index (χ0n) is 13.4. The number of rotatable bonds is 4. The van der Waals surface area contributed by atoms with E-state index in [4.69, 9.17) is 4.74 Å². The van der Waals surface area contributed by atoms with Crippen LogP contribution in [0, 0.1) is 5.92 Å². The third-order valence-corrected chi connectivity index (χ3v) is 5.21. The van der Waals surface area contributed by atoms with Crippen LogP contribution >= 0.6 is 0 Å². The quantitative estimate of drug-likeness (QED) is 0.847. The Bertz CT molecular complexity index is 437. The maximum absolute atomic E-state index is 5.23. The second kappa shape index (κ2) is 6.80. The van der Waals surface area contributed by atoms with Crippen LogP contribution in [0.3, 0.4) is 0 Å². The molecular formula is C18H28N2O. The topological polar surface area (TPSA) is 15.7 Å². The standard InChI is InChI=1S/C18H28N2O/c1-19-10-8-17(9-11-19)20-12-7-16(14-20)13-15-3-5-18(21-2)6-4-15/h3-6,16-17H,7-14H2,1-2H3. The smallest absolute Gasteiger partial charge is 0.118 e. The highest BCUT2D eigenvalue weighted by Crippen LogP contribution is 2.26. The Hall–Kier alpha value is -1.06. The number of likely N-dealkylation sites (tertiary alicyclic amines) is 2. The van der Waals surface area contributed by atoms with Gasteiger partial charge in [0.2, 0.25) is 0 Å². The Morgan fingerprint density at radius 2 is 1.76 bits per heavy atom.